The van der Waals surface area contributed by atoms with E-state index in [0.29, 0.717) is 29.5 Å². The van der Waals surface area contributed by atoms with Crippen LogP contribution in [0.3, 0.4) is 0 Å². The van der Waals surface area contributed by atoms with Crippen molar-refractivity contribution in [1.29, 1.82) is 0 Å². The number of imide groups is 1. The lowest BCUT2D eigenvalue weighted by molar-refractivity contribution is 0.0880. The maximum atomic E-state index is 12.0. The number of phenolic OH excluding ortho intramolecular Hbond substituents is 1. The van der Waals surface area contributed by atoms with Gasteiger partial charge in [0, 0.05) is 17.4 Å². The first-order valence-electron chi connectivity index (χ1n) is 6.84. The van der Waals surface area contributed by atoms with Crippen molar-refractivity contribution in [1.82, 2.24) is 5.32 Å². The van der Waals surface area contributed by atoms with Gasteiger partial charge in [-0.2, -0.15) is 0 Å². The Bertz CT molecular complexity index is 752. The van der Waals surface area contributed by atoms with Gasteiger partial charge in [0.1, 0.15) is 5.75 Å². The number of carbonyl (C=O) groups is 2. The Morgan fingerprint density at radius 2 is 2.05 bits per heavy atom. The van der Waals surface area contributed by atoms with E-state index in [1.807, 2.05) is 13.0 Å². The van der Waals surface area contributed by atoms with Crippen molar-refractivity contribution < 1.29 is 19.4 Å². The molecule has 5 heteroatoms. The van der Waals surface area contributed by atoms with Crippen LogP contribution in [0.25, 0.3) is 10.8 Å². The lowest BCUT2D eigenvalue weighted by Gasteiger charge is -2.11. The Balaban J connectivity index is 2.24. The summed E-state index contributed by atoms with van der Waals surface area (Å²) in [4.78, 5) is 23.8. The zero-order chi connectivity index (χ0) is 15.0. The summed E-state index contributed by atoms with van der Waals surface area (Å²) in [5, 5.41) is 13.5. The lowest BCUT2D eigenvalue weighted by Crippen LogP contribution is -2.20. The third-order valence-corrected chi connectivity index (χ3v) is 3.53. The van der Waals surface area contributed by atoms with Crippen LogP contribution in [0.4, 0.5) is 0 Å². The topological polar surface area (TPSA) is 75.6 Å². The summed E-state index contributed by atoms with van der Waals surface area (Å²) < 4.78 is 5.54. The van der Waals surface area contributed by atoms with Crippen LogP contribution in [0.5, 0.6) is 5.75 Å². The minimum atomic E-state index is -0.475. The number of rotatable bonds is 4. The predicted octanol–water partition coefficient (Wildman–Crippen LogP) is 2.36. The van der Waals surface area contributed by atoms with Gasteiger partial charge in [0.05, 0.1) is 17.7 Å². The molecule has 0 saturated carbocycles. The monoisotopic (exact) mass is 285 g/mol. The zero-order valence-corrected chi connectivity index (χ0v) is 11.6. The van der Waals surface area contributed by atoms with Crippen molar-refractivity contribution in [3.63, 3.8) is 0 Å². The Morgan fingerprint density at radius 1 is 1.24 bits per heavy atom. The molecule has 0 unspecified atom stereocenters. The van der Waals surface area contributed by atoms with Gasteiger partial charge < -0.3 is 9.84 Å². The molecule has 0 atom stereocenters. The summed E-state index contributed by atoms with van der Waals surface area (Å²) >= 11 is 0. The highest BCUT2D eigenvalue weighted by Gasteiger charge is 2.31. The number of ether oxygens (including phenoxy) is 1. The number of aromatic hydroxyl groups is 1. The minimum Gasteiger partial charge on any atom is -0.507 e. The Hall–Kier alpha value is -2.40. The van der Waals surface area contributed by atoms with Gasteiger partial charge in [-0.1, -0.05) is 25.1 Å². The van der Waals surface area contributed by atoms with Crippen molar-refractivity contribution in [2.24, 2.45) is 0 Å². The number of amides is 2. The molecule has 1 heterocycles. The summed E-state index contributed by atoms with van der Waals surface area (Å²) in [6, 6.07) is 6.71. The molecule has 0 bridgehead atoms. The fourth-order valence-corrected chi connectivity index (χ4v) is 2.62. The van der Waals surface area contributed by atoms with Gasteiger partial charge in [0.25, 0.3) is 11.8 Å². The molecule has 2 aromatic rings. The second-order valence-corrected chi connectivity index (χ2v) is 4.99. The molecular weight excluding hydrogens is 270 g/mol. The minimum absolute atomic E-state index is 0.00839. The SMILES string of the molecule is CCCOCc1cccc2c(O)cc3c(c12)C(=O)NC3=O. The normalized spacial score (nSPS) is 13.6. The molecule has 0 aliphatic carbocycles. The summed E-state index contributed by atoms with van der Waals surface area (Å²) in [7, 11) is 0. The van der Waals surface area contributed by atoms with Crippen LogP contribution in [0.1, 0.15) is 39.6 Å². The molecule has 108 valence electrons. The maximum absolute atomic E-state index is 12.0. The Kier molecular flexibility index (Phi) is 3.35. The highest BCUT2D eigenvalue weighted by atomic mass is 16.5. The van der Waals surface area contributed by atoms with E-state index >= 15 is 0 Å². The van der Waals surface area contributed by atoms with Crippen LogP contribution in [-0.4, -0.2) is 23.5 Å². The molecule has 0 fully saturated rings. The molecule has 0 saturated heterocycles. The molecule has 3 rings (SSSR count). The van der Waals surface area contributed by atoms with Crippen molar-refractivity contribution in [3.05, 3.63) is 41.0 Å². The number of hydrogen-bond acceptors (Lipinski definition) is 4. The van der Waals surface area contributed by atoms with Gasteiger partial charge in [0.2, 0.25) is 0 Å². The lowest BCUT2D eigenvalue weighted by atomic mass is 9.95. The van der Waals surface area contributed by atoms with Crippen LogP contribution in [-0.2, 0) is 11.3 Å². The number of fused-ring (bicyclic) bond motifs is 3. The van der Waals surface area contributed by atoms with E-state index in [0.717, 1.165) is 12.0 Å². The number of hydrogen-bond donors (Lipinski definition) is 2. The predicted molar refractivity (Wildman–Crippen MR) is 77.4 cm³/mol. The van der Waals surface area contributed by atoms with Gasteiger partial charge in [0.15, 0.2) is 0 Å². The number of phenols is 1. The molecule has 2 aromatic carbocycles. The van der Waals surface area contributed by atoms with E-state index in [1.165, 1.54) is 6.07 Å². The van der Waals surface area contributed by atoms with E-state index in [4.69, 9.17) is 4.74 Å². The van der Waals surface area contributed by atoms with Crippen LogP contribution in [0.2, 0.25) is 0 Å². The Labute approximate surface area is 121 Å². The summed E-state index contributed by atoms with van der Waals surface area (Å²) in [6.45, 7) is 2.96. The van der Waals surface area contributed by atoms with Gasteiger partial charge in [-0.15, -0.1) is 0 Å². The summed E-state index contributed by atoms with van der Waals surface area (Å²) in [5.41, 5.74) is 1.33. The van der Waals surface area contributed by atoms with Crippen molar-refractivity contribution in [2.45, 2.75) is 20.0 Å². The number of nitrogens with one attached hydrogen (secondary N) is 1. The quantitative estimate of drug-likeness (QED) is 0.668. The molecule has 2 N–H and O–H groups in total. The van der Waals surface area contributed by atoms with Crippen LogP contribution in [0.15, 0.2) is 24.3 Å². The second kappa shape index (κ2) is 5.18. The van der Waals surface area contributed by atoms with E-state index in [9.17, 15) is 14.7 Å². The zero-order valence-electron chi connectivity index (χ0n) is 11.6. The first-order valence-corrected chi connectivity index (χ1v) is 6.84. The van der Waals surface area contributed by atoms with Crippen molar-refractivity contribution >= 4 is 22.6 Å². The first-order chi connectivity index (χ1) is 10.1. The molecule has 2 amide bonds. The molecule has 0 aromatic heterocycles. The molecule has 0 spiro atoms. The number of benzene rings is 2. The average molecular weight is 285 g/mol. The highest BCUT2D eigenvalue weighted by Crippen LogP contribution is 2.35. The summed E-state index contributed by atoms with van der Waals surface area (Å²) in [5.74, 6) is -0.912. The first kappa shape index (κ1) is 13.6. The fraction of sp³-hybridized carbons (Fsp3) is 0.250. The molecule has 0 radical (unpaired) electrons. The van der Waals surface area contributed by atoms with Crippen molar-refractivity contribution in [2.75, 3.05) is 6.61 Å². The largest absolute Gasteiger partial charge is 0.507 e. The molecule has 1 aliphatic rings. The van der Waals surface area contributed by atoms with E-state index in [2.05, 4.69) is 5.32 Å². The van der Waals surface area contributed by atoms with Crippen LogP contribution < -0.4 is 5.32 Å². The second-order valence-electron chi connectivity index (χ2n) is 4.99. The van der Waals surface area contributed by atoms with Gasteiger partial charge in [-0.05, 0) is 18.1 Å². The molecule has 5 nitrogen and oxygen atoms in total. The van der Waals surface area contributed by atoms with E-state index in [1.54, 1.807) is 12.1 Å². The summed E-state index contributed by atoms with van der Waals surface area (Å²) in [6.07, 6.45) is 0.896. The smallest absolute Gasteiger partial charge is 0.259 e. The van der Waals surface area contributed by atoms with E-state index in [-0.39, 0.29) is 11.3 Å². The molecular formula is C16H15NO4. The maximum Gasteiger partial charge on any atom is 0.259 e. The van der Waals surface area contributed by atoms with Gasteiger partial charge >= 0.3 is 0 Å². The van der Waals surface area contributed by atoms with Gasteiger partial charge in [-0.25, -0.2) is 0 Å². The average Bonchev–Trinajstić information content (AvgIpc) is 2.74. The van der Waals surface area contributed by atoms with Gasteiger partial charge in [-0.3, -0.25) is 14.9 Å². The third kappa shape index (κ3) is 2.15. The standard InChI is InChI=1S/C16H15NO4/c1-2-6-21-8-9-4-3-5-10-12(18)7-11-14(13(9)10)16(20)17-15(11)19/h3-5,7,18H,2,6,8H2,1H3,(H,17,19,20). The highest BCUT2D eigenvalue weighted by molar-refractivity contribution is 6.27. The Morgan fingerprint density at radius 3 is 2.81 bits per heavy atom. The number of carbonyl (C=O) groups excluding carboxylic acids is 2. The molecule has 1 aliphatic heterocycles. The van der Waals surface area contributed by atoms with Crippen LogP contribution >= 0.6 is 0 Å². The van der Waals surface area contributed by atoms with Crippen molar-refractivity contribution in [3.8, 4) is 5.75 Å². The van der Waals surface area contributed by atoms with E-state index < -0.39 is 11.8 Å². The fourth-order valence-electron chi connectivity index (χ4n) is 2.62. The molecule has 21 heavy (non-hydrogen) atoms. The third-order valence-electron chi connectivity index (χ3n) is 3.53. The van der Waals surface area contributed by atoms with Crippen LogP contribution in [0, 0.1) is 0 Å².